The molecule has 2 amide bonds. The van der Waals surface area contributed by atoms with Crippen LogP contribution in [0.2, 0.25) is 20.1 Å². The van der Waals surface area contributed by atoms with Gasteiger partial charge in [0.2, 0.25) is 11.8 Å². The van der Waals surface area contributed by atoms with Crippen LogP contribution in [0.4, 0.5) is 0 Å². The van der Waals surface area contributed by atoms with Gasteiger partial charge in [-0.3, -0.25) is 9.59 Å². The van der Waals surface area contributed by atoms with Gasteiger partial charge in [-0.1, -0.05) is 72.4 Å². The van der Waals surface area contributed by atoms with Crippen molar-refractivity contribution in [3.8, 4) is 0 Å². The van der Waals surface area contributed by atoms with Crippen molar-refractivity contribution in [2.45, 2.75) is 58.7 Å². The number of hydrogen-bond donors (Lipinski definition) is 1. The van der Waals surface area contributed by atoms with Crippen LogP contribution in [-0.4, -0.2) is 28.8 Å². The summed E-state index contributed by atoms with van der Waals surface area (Å²) in [5, 5.41) is 4.71. The Morgan fingerprint density at radius 3 is 2.16 bits per heavy atom. The molecule has 0 radical (unpaired) electrons. The van der Waals surface area contributed by atoms with Gasteiger partial charge < -0.3 is 10.2 Å². The second-order valence-corrected chi connectivity index (χ2v) is 9.03. The lowest BCUT2D eigenvalue weighted by Gasteiger charge is -2.32. The Hall–Kier alpha value is -1.46. The van der Waals surface area contributed by atoms with Gasteiger partial charge >= 0.3 is 0 Å². The van der Waals surface area contributed by atoms with Crippen molar-refractivity contribution in [2.24, 2.45) is 0 Å². The fraction of sp³-hybridized carbons (Fsp3) is 0.391. The molecule has 0 bridgehead atoms. The van der Waals surface area contributed by atoms with Crippen molar-refractivity contribution in [1.82, 2.24) is 10.2 Å². The molecule has 0 unspecified atom stereocenters. The van der Waals surface area contributed by atoms with Crippen LogP contribution in [0.3, 0.4) is 0 Å². The Labute approximate surface area is 203 Å². The van der Waals surface area contributed by atoms with Gasteiger partial charge in [0.1, 0.15) is 6.04 Å². The van der Waals surface area contributed by atoms with Gasteiger partial charge in [-0.25, -0.2) is 0 Å². The molecule has 2 aromatic rings. The van der Waals surface area contributed by atoms with E-state index in [2.05, 4.69) is 5.32 Å². The van der Waals surface area contributed by atoms with E-state index in [1.165, 1.54) is 4.90 Å². The maximum atomic E-state index is 13.4. The SMILES string of the molecule is CC[C@@H](C)NC(=O)[C@@H](CC)N(Cc1ccc(Cl)cc1Cl)C(=O)Cc1c(Cl)cccc1Cl. The lowest BCUT2D eigenvalue weighted by atomic mass is 10.1. The molecular formula is C23H26Cl4N2O2. The van der Waals surface area contributed by atoms with Crippen LogP contribution in [0.5, 0.6) is 0 Å². The topological polar surface area (TPSA) is 49.4 Å². The minimum Gasteiger partial charge on any atom is -0.352 e. The molecule has 0 heterocycles. The average molecular weight is 504 g/mol. The molecule has 8 heteroatoms. The van der Waals surface area contributed by atoms with Crippen LogP contribution >= 0.6 is 46.4 Å². The highest BCUT2D eigenvalue weighted by atomic mass is 35.5. The lowest BCUT2D eigenvalue weighted by molar-refractivity contribution is -0.141. The van der Waals surface area contributed by atoms with Crippen LogP contribution in [-0.2, 0) is 22.6 Å². The van der Waals surface area contributed by atoms with E-state index in [0.717, 1.165) is 6.42 Å². The number of nitrogens with one attached hydrogen (secondary N) is 1. The maximum absolute atomic E-state index is 13.4. The number of hydrogen-bond acceptors (Lipinski definition) is 2. The van der Waals surface area contributed by atoms with Gasteiger partial charge in [-0.05, 0) is 55.2 Å². The molecule has 0 fully saturated rings. The van der Waals surface area contributed by atoms with E-state index < -0.39 is 6.04 Å². The molecule has 2 rings (SSSR count). The molecule has 0 aliphatic heterocycles. The molecule has 168 valence electrons. The Kier molecular flexibility index (Phi) is 9.95. The van der Waals surface area contributed by atoms with E-state index in [1.807, 2.05) is 20.8 Å². The number of carbonyl (C=O) groups excluding carboxylic acids is 2. The zero-order valence-corrected chi connectivity index (χ0v) is 20.7. The summed E-state index contributed by atoms with van der Waals surface area (Å²) in [6.07, 6.45) is 1.20. The third-order valence-electron chi connectivity index (χ3n) is 5.13. The zero-order chi connectivity index (χ0) is 23.1. The monoisotopic (exact) mass is 502 g/mol. The van der Waals surface area contributed by atoms with Crippen molar-refractivity contribution >= 4 is 58.2 Å². The van der Waals surface area contributed by atoms with Gasteiger partial charge in [-0.15, -0.1) is 0 Å². The summed E-state index contributed by atoms with van der Waals surface area (Å²) >= 11 is 24.9. The molecule has 0 saturated heterocycles. The van der Waals surface area contributed by atoms with Crippen molar-refractivity contribution in [1.29, 1.82) is 0 Å². The minimum atomic E-state index is -0.672. The van der Waals surface area contributed by atoms with Crippen LogP contribution in [0.1, 0.15) is 44.7 Å². The van der Waals surface area contributed by atoms with Crippen molar-refractivity contribution in [3.05, 3.63) is 67.6 Å². The zero-order valence-electron chi connectivity index (χ0n) is 17.7. The van der Waals surface area contributed by atoms with Crippen molar-refractivity contribution < 1.29 is 9.59 Å². The van der Waals surface area contributed by atoms with Crippen molar-refractivity contribution in [3.63, 3.8) is 0 Å². The van der Waals surface area contributed by atoms with E-state index in [4.69, 9.17) is 46.4 Å². The molecule has 0 spiro atoms. The van der Waals surface area contributed by atoms with Crippen LogP contribution in [0, 0.1) is 0 Å². The summed E-state index contributed by atoms with van der Waals surface area (Å²) in [6.45, 7) is 5.94. The first kappa shape index (κ1) is 25.8. The summed E-state index contributed by atoms with van der Waals surface area (Å²) in [4.78, 5) is 27.9. The van der Waals surface area contributed by atoms with Gasteiger partial charge in [0.25, 0.3) is 0 Å². The van der Waals surface area contributed by atoms with E-state index in [-0.39, 0.29) is 30.8 Å². The quantitative estimate of drug-likeness (QED) is 0.421. The average Bonchev–Trinajstić information content (AvgIpc) is 2.71. The van der Waals surface area contributed by atoms with Crippen molar-refractivity contribution in [2.75, 3.05) is 0 Å². The fourth-order valence-electron chi connectivity index (χ4n) is 3.15. The number of amides is 2. The fourth-order valence-corrected chi connectivity index (χ4v) is 4.15. The molecule has 0 aliphatic carbocycles. The Bertz CT molecular complexity index is 916. The molecule has 1 N–H and O–H groups in total. The summed E-state index contributed by atoms with van der Waals surface area (Å²) < 4.78 is 0. The molecule has 31 heavy (non-hydrogen) atoms. The van der Waals surface area contributed by atoms with E-state index in [0.29, 0.717) is 37.6 Å². The summed E-state index contributed by atoms with van der Waals surface area (Å²) in [5.41, 5.74) is 1.22. The molecule has 2 atom stereocenters. The molecule has 0 aliphatic rings. The molecule has 2 aromatic carbocycles. The number of nitrogens with zero attached hydrogens (tertiary/aromatic N) is 1. The van der Waals surface area contributed by atoms with Gasteiger partial charge in [-0.2, -0.15) is 0 Å². The number of rotatable bonds is 9. The number of carbonyl (C=O) groups is 2. The molecule has 0 saturated carbocycles. The van der Waals surface area contributed by atoms with Crippen LogP contribution < -0.4 is 5.32 Å². The first-order valence-corrected chi connectivity index (χ1v) is 11.7. The standard InChI is InChI=1S/C23H26Cl4N2O2/c1-4-14(3)28-23(31)21(5-2)29(13-15-9-10-16(24)11-20(15)27)22(30)12-17-18(25)7-6-8-19(17)26/h6-11,14,21H,4-5,12-13H2,1-3H3,(H,28,31)/t14-,21-/m1/s1. The third-order valence-corrected chi connectivity index (χ3v) is 6.43. The highest BCUT2D eigenvalue weighted by molar-refractivity contribution is 6.36. The smallest absolute Gasteiger partial charge is 0.243 e. The second kappa shape index (κ2) is 12.0. The second-order valence-electron chi connectivity index (χ2n) is 7.38. The molecule has 0 aromatic heterocycles. The number of halogens is 4. The summed E-state index contributed by atoms with van der Waals surface area (Å²) in [5.74, 6) is -0.479. The minimum absolute atomic E-state index is 0.00404. The van der Waals surface area contributed by atoms with Crippen LogP contribution in [0.15, 0.2) is 36.4 Å². The first-order valence-electron chi connectivity index (χ1n) is 10.1. The van der Waals surface area contributed by atoms with E-state index >= 15 is 0 Å². The van der Waals surface area contributed by atoms with E-state index in [9.17, 15) is 9.59 Å². The lowest BCUT2D eigenvalue weighted by Crippen LogP contribution is -2.51. The Balaban J connectivity index is 2.40. The van der Waals surface area contributed by atoms with Crippen LogP contribution in [0.25, 0.3) is 0 Å². The Morgan fingerprint density at radius 1 is 0.968 bits per heavy atom. The maximum Gasteiger partial charge on any atom is 0.243 e. The van der Waals surface area contributed by atoms with Gasteiger partial charge in [0.05, 0.1) is 6.42 Å². The van der Waals surface area contributed by atoms with Gasteiger partial charge in [0, 0.05) is 32.7 Å². The highest BCUT2D eigenvalue weighted by Crippen LogP contribution is 2.27. The normalized spacial score (nSPS) is 12.9. The predicted molar refractivity (Wildman–Crippen MR) is 129 cm³/mol. The van der Waals surface area contributed by atoms with E-state index in [1.54, 1.807) is 36.4 Å². The summed E-state index contributed by atoms with van der Waals surface area (Å²) in [7, 11) is 0. The molecular weight excluding hydrogens is 478 g/mol. The predicted octanol–water partition coefficient (Wildman–Crippen LogP) is 6.56. The highest BCUT2D eigenvalue weighted by Gasteiger charge is 2.30. The third kappa shape index (κ3) is 7.01. The van der Waals surface area contributed by atoms with Gasteiger partial charge in [0.15, 0.2) is 0 Å². The Morgan fingerprint density at radius 2 is 1.61 bits per heavy atom. The largest absolute Gasteiger partial charge is 0.352 e. The first-order chi connectivity index (χ1) is 14.7. The number of benzene rings is 2. The molecule has 4 nitrogen and oxygen atoms in total. The summed E-state index contributed by atoms with van der Waals surface area (Å²) in [6, 6.07) is 9.49.